The zero-order valence-corrected chi connectivity index (χ0v) is 18.9. The van der Waals surface area contributed by atoms with Gasteiger partial charge in [-0.05, 0) is 0 Å². The molecule has 1 saturated heterocycles. The van der Waals surface area contributed by atoms with Crippen molar-refractivity contribution in [3.05, 3.63) is 30.3 Å². The molecule has 0 aromatic heterocycles. The summed E-state index contributed by atoms with van der Waals surface area (Å²) in [5.41, 5.74) is 0. The molecule has 1 aromatic carbocycles. The molecule has 1 aliphatic heterocycles. The predicted octanol–water partition coefficient (Wildman–Crippen LogP) is 3.21. The fourth-order valence-electron chi connectivity index (χ4n) is 3.73. The molecule has 1 aliphatic rings. The minimum absolute atomic E-state index is 0.0181. The number of ether oxygens (including phenoxy) is 1. The summed E-state index contributed by atoms with van der Waals surface area (Å²) >= 11 is 0.126. The molecule has 0 saturated carbocycles. The molecule has 2 rings (SSSR count). The van der Waals surface area contributed by atoms with Gasteiger partial charge in [0, 0.05) is 0 Å². The number of hydrogen-bond acceptors (Lipinski definition) is 4. The zero-order chi connectivity index (χ0) is 20.2. The molecule has 0 radical (unpaired) electrons. The van der Waals surface area contributed by atoms with E-state index >= 15 is 0 Å². The first-order valence-corrected chi connectivity index (χ1v) is 12.8. The Labute approximate surface area is 176 Å². The Bertz CT molecular complexity index is 507. The number of hydrogen-bond donors (Lipinski definition) is 3. The maximum absolute atomic E-state index is 10.9. The van der Waals surface area contributed by atoms with Crippen LogP contribution in [0.2, 0.25) is 4.82 Å². The summed E-state index contributed by atoms with van der Waals surface area (Å²) in [6.45, 7) is 1.97. The van der Waals surface area contributed by atoms with Crippen molar-refractivity contribution in [1.82, 2.24) is 0 Å². The first kappa shape index (κ1) is 23.9. The van der Waals surface area contributed by atoms with Gasteiger partial charge in [-0.25, -0.2) is 0 Å². The van der Waals surface area contributed by atoms with E-state index in [2.05, 4.69) is 19.1 Å². The van der Waals surface area contributed by atoms with Crippen LogP contribution in [0.3, 0.4) is 0 Å². The van der Waals surface area contributed by atoms with Gasteiger partial charge in [-0.2, -0.15) is 0 Å². The molecular formula is C23H38O4Se. The Morgan fingerprint density at radius 2 is 1.57 bits per heavy atom. The summed E-state index contributed by atoms with van der Waals surface area (Å²) in [7, 11) is 0. The fraction of sp³-hybridized carbons (Fsp3) is 0.739. The van der Waals surface area contributed by atoms with Gasteiger partial charge in [0.15, 0.2) is 0 Å². The average Bonchev–Trinajstić information content (AvgIpc) is 2.68. The second-order valence-electron chi connectivity index (χ2n) is 7.93. The normalized spacial score (nSPS) is 22.4. The van der Waals surface area contributed by atoms with E-state index in [-0.39, 0.29) is 44.7 Å². The topological polar surface area (TPSA) is 69.9 Å². The molecule has 0 aliphatic carbocycles. The summed E-state index contributed by atoms with van der Waals surface area (Å²) in [6.07, 6.45) is 10.2. The van der Waals surface area contributed by atoms with Gasteiger partial charge >= 0.3 is 177 Å². The summed E-state index contributed by atoms with van der Waals surface area (Å²) in [5.74, 6) is 0. The third kappa shape index (κ3) is 8.14. The molecule has 3 N–H and O–H groups in total. The monoisotopic (exact) mass is 458 g/mol. The van der Waals surface area contributed by atoms with Crippen molar-refractivity contribution in [2.45, 2.75) is 100 Å². The first-order chi connectivity index (χ1) is 13.7. The third-order valence-electron chi connectivity index (χ3n) is 5.54. The quantitative estimate of drug-likeness (QED) is 0.280. The number of benzene rings is 1. The van der Waals surface area contributed by atoms with Crippen LogP contribution in [-0.4, -0.2) is 61.3 Å². The Kier molecular flexibility index (Phi) is 11.7. The minimum atomic E-state index is -0.814. The summed E-state index contributed by atoms with van der Waals surface area (Å²) in [4.78, 5) is 0.0987. The molecule has 0 amide bonds. The molecular weight excluding hydrogens is 419 g/mol. The summed E-state index contributed by atoms with van der Waals surface area (Å²) in [5, 5.41) is 29.7. The SMILES string of the molecule is CCCCCCCCCC[C@@H](O)[C@@H]([Se]c1ccccc1)[C@H]1C[C@H]([C@H](O)CO)O1. The first-order valence-electron chi connectivity index (χ1n) is 11.0. The number of rotatable bonds is 15. The van der Waals surface area contributed by atoms with Crippen LogP contribution in [0.4, 0.5) is 0 Å². The van der Waals surface area contributed by atoms with Crippen LogP contribution in [-0.2, 0) is 4.74 Å². The molecule has 0 unspecified atom stereocenters. The standard InChI is InChI=1S/C23H38O4Se/c1-2-3-4-5-6-7-8-12-15-19(25)23(28-18-13-10-9-11-14-18)22-16-21(27-22)20(26)17-24/h9-11,13-14,19-26H,2-8,12,15-17H2,1H3/t19-,20-,21-,22-,23-/m1/s1. The van der Waals surface area contributed by atoms with Gasteiger partial charge in [-0.1, -0.05) is 0 Å². The van der Waals surface area contributed by atoms with Gasteiger partial charge in [0.1, 0.15) is 0 Å². The van der Waals surface area contributed by atoms with Crippen LogP contribution in [0, 0.1) is 0 Å². The average molecular weight is 458 g/mol. The van der Waals surface area contributed by atoms with E-state index in [0.29, 0.717) is 0 Å². The number of aliphatic hydroxyl groups is 3. The van der Waals surface area contributed by atoms with Gasteiger partial charge in [0.25, 0.3) is 0 Å². The van der Waals surface area contributed by atoms with E-state index in [1.165, 1.54) is 49.4 Å². The third-order valence-corrected chi connectivity index (χ3v) is 8.55. The van der Waals surface area contributed by atoms with E-state index in [1.54, 1.807) is 0 Å². The zero-order valence-electron chi connectivity index (χ0n) is 17.2. The Balaban J connectivity index is 1.76. The van der Waals surface area contributed by atoms with E-state index in [1.807, 2.05) is 18.2 Å². The summed E-state index contributed by atoms with van der Waals surface area (Å²) < 4.78 is 7.14. The molecule has 0 bridgehead atoms. The van der Waals surface area contributed by atoms with Crippen molar-refractivity contribution in [3.63, 3.8) is 0 Å². The Hall–Kier alpha value is -0.421. The second kappa shape index (κ2) is 13.7. The van der Waals surface area contributed by atoms with Gasteiger partial charge in [0.2, 0.25) is 0 Å². The van der Waals surface area contributed by atoms with Crippen molar-refractivity contribution in [2.24, 2.45) is 0 Å². The van der Waals surface area contributed by atoms with Crippen LogP contribution < -0.4 is 4.46 Å². The molecule has 0 spiro atoms. The van der Waals surface area contributed by atoms with E-state index < -0.39 is 6.10 Å². The Morgan fingerprint density at radius 1 is 0.964 bits per heavy atom. The maximum atomic E-state index is 10.9. The van der Waals surface area contributed by atoms with Crippen molar-refractivity contribution < 1.29 is 20.1 Å². The van der Waals surface area contributed by atoms with Crippen molar-refractivity contribution >= 4 is 19.4 Å². The molecule has 4 nitrogen and oxygen atoms in total. The van der Waals surface area contributed by atoms with Crippen molar-refractivity contribution in [1.29, 1.82) is 0 Å². The molecule has 1 aromatic rings. The number of unbranched alkanes of at least 4 members (excludes halogenated alkanes) is 7. The molecule has 1 heterocycles. The van der Waals surface area contributed by atoms with Crippen molar-refractivity contribution in [3.8, 4) is 0 Å². The van der Waals surface area contributed by atoms with E-state index in [9.17, 15) is 10.2 Å². The summed E-state index contributed by atoms with van der Waals surface area (Å²) in [6, 6.07) is 10.3. The van der Waals surface area contributed by atoms with Gasteiger partial charge < -0.3 is 0 Å². The predicted molar refractivity (Wildman–Crippen MR) is 115 cm³/mol. The molecule has 5 atom stereocenters. The van der Waals surface area contributed by atoms with Gasteiger partial charge in [0.05, 0.1) is 0 Å². The van der Waals surface area contributed by atoms with Gasteiger partial charge in [-0.15, -0.1) is 0 Å². The molecule has 28 heavy (non-hydrogen) atoms. The molecule has 5 heteroatoms. The molecule has 160 valence electrons. The molecule has 1 fully saturated rings. The van der Waals surface area contributed by atoms with Crippen LogP contribution in [0.15, 0.2) is 30.3 Å². The Morgan fingerprint density at radius 3 is 2.18 bits per heavy atom. The van der Waals surface area contributed by atoms with Crippen LogP contribution >= 0.6 is 0 Å². The second-order valence-corrected chi connectivity index (χ2v) is 10.6. The van der Waals surface area contributed by atoms with E-state index in [4.69, 9.17) is 9.84 Å². The van der Waals surface area contributed by atoms with Gasteiger partial charge in [-0.3, -0.25) is 0 Å². The van der Waals surface area contributed by atoms with E-state index in [0.717, 1.165) is 19.3 Å². The van der Waals surface area contributed by atoms with Crippen LogP contribution in [0.1, 0.15) is 71.1 Å². The van der Waals surface area contributed by atoms with Crippen LogP contribution in [0.25, 0.3) is 0 Å². The van der Waals surface area contributed by atoms with Crippen LogP contribution in [0.5, 0.6) is 0 Å². The fourth-order valence-corrected chi connectivity index (χ4v) is 6.35. The number of aliphatic hydroxyl groups excluding tert-OH is 3. The van der Waals surface area contributed by atoms with Crippen molar-refractivity contribution in [2.75, 3.05) is 6.61 Å².